The van der Waals surface area contributed by atoms with Gasteiger partial charge in [0.2, 0.25) is 11.8 Å². The number of carbonyl (C=O) groups excluding carboxylic acids is 3. The predicted octanol–water partition coefficient (Wildman–Crippen LogP) is 3.80. The zero-order chi connectivity index (χ0) is 29.1. The van der Waals surface area contributed by atoms with E-state index in [-0.39, 0.29) is 24.4 Å². The van der Waals surface area contributed by atoms with Crippen molar-refractivity contribution >= 4 is 23.8 Å². The number of amides is 2. The fourth-order valence-electron chi connectivity index (χ4n) is 6.15. The minimum absolute atomic E-state index is 0.175. The fourth-order valence-corrected chi connectivity index (χ4v) is 6.15. The van der Waals surface area contributed by atoms with Crippen LogP contribution >= 0.6 is 0 Å². The number of carboxylic acid groups (broad SMARTS) is 1. The third-order valence-electron chi connectivity index (χ3n) is 8.60. The van der Waals surface area contributed by atoms with Crippen LogP contribution in [0.2, 0.25) is 0 Å². The normalized spacial score (nSPS) is 24.8. The van der Waals surface area contributed by atoms with Gasteiger partial charge in [-0.15, -0.1) is 0 Å². The molecular formula is C31H44N2O8. The van der Waals surface area contributed by atoms with E-state index in [1.165, 1.54) is 0 Å². The van der Waals surface area contributed by atoms with Crippen LogP contribution in [0.1, 0.15) is 95.5 Å². The second-order valence-corrected chi connectivity index (χ2v) is 11.6. The van der Waals surface area contributed by atoms with Crippen molar-refractivity contribution in [2.75, 3.05) is 13.2 Å². The molecule has 2 aliphatic heterocycles. The molecule has 2 atom stereocenters. The van der Waals surface area contributed by atoms with Crippen molar-refractivity contribution in [3.05, 3.63) is 35.9 Å². The summed E-state index contributed by atoms with van der Waals surface area (Å²) in [6.45, 7) is 1.44. The molecule has 2 saturated carbocycles. The summed E-state index contributed by atoms with van der Waals surface area (Å²) < 4.78 is 16.3. The maximum atomic E-state index is 12.8. The molecule has 1 aromatic carbocycles. The molecule has 4 fully saturated rings. The lowest BCUT2D eigenvalue weighted by Crippen LogP contribution is -2.58. The van der Waals surface area contributed by atoms with Crippen LogP contribution in [0.5, 0.6) is 0 Å². The summed E-state index contributed by atoms with van der Waals surface area (Å²) >= 11 is 0. The van der Waals surface area contributed by atoms with Gasteiger partial charge in [-0.2, -0.15) is 0 Å². The van der Waals surface area contributed by atoms with Crippen LogP contribution < -0.4 is 10.6 Å². The van der Waals surface area contributed by atoms with Crippen LogP contribution in [0.4, 0.5) is 0 Å². The average Bonchev–Trinajstić information content (AvgIpc) is 3.73. The van der Waals surface area contributed by atoms with Gasteiger partial charge in [-0.25, -0.2) is 9.59 Å². The van der Waals surface area contributed by atoms with Gasteiger partial charge in [0.25, 0.3) is 0 Å². The summed E-state index contributed by atoms with van der Waals surface area (Å²) in [5.74, 6) is -1.67. The molecule has 0 aromatic heterocycles. The van der Waals surface area contributed by atoms with Gasteiger partial charge in [0, 0.05) is 13.2 Å². The zero-order valence-corrected chi connectivity index (χ0v) is 23.9. The maximum absolute atomic E-state index is 12.8. The summed E-state index contributed by atoms with van der Waals surface area (Å²) in [6, 6.07) is 9.60. The number of hydrogen-bond donors (Lipinski definition) is 3. The third-order valence-corrected chi connectivity index (χ3v) is 8.60. The third kappa shape index (κ3) is 8.29. The van der Waals surface area contributed by atoms with E-state index >= 15 is 0 Å². The molecule has 10 nitrogen and oxygen atoms in total. The van der Waals surface area contributed by atoms with E-state index in [0.717, 1.165) is 63.4 Å². The van der Waals surface area contributed by atoms with Gasteiger partial charge in [0.05, 0.1) is 0 Å². The molecule has 10 heteroatoms. The molecule has 4 aliphatic rings. The molecular weight excluding hydrogens is 528 g/mol. The van der Waals surface area contributed by atoms with Gasteiger partial charge >= 0.3 is 11.9 Å². The largest absolute Gasteiger partial charge is 0.480 e. The van der Waals surface area contributed by atoms with Gasteiger partial charge in [-0.3, -0.25) is 9.59 Å². The second kappa shape index (κ2) is 14.8. The Kier molecular flexibility index (Phi) is 11.2. The molecule has 2 amide bonds. The highest BCUT2D eigenvalue weighted by molar-refractivity contribution is 5.90. The van der Waals surface area contributed by atoms with Crippen LogP contribution in [-0.2, 0) is 40.0 Å². The van der Waals surface area contributed by atoms with Gasteiger partial charge in [-0.05, 0) is 56.9 Å². The van der Waals surface area contributed by atoms with E-state index in [9.17, 15) is 24.3 Å². The smallest absolute Gasteiger partial charge is 0.332 e. The van der Waals surface area contributed by atoms with Crippen molar-refractivity contribution in [3.8, 4) is 0 Å². The van der Waals surface area contributed by atoms with Crippen LogP contribution in [0.25, 0.3) is 0 Å². The van der Waals surface area contributed by atoms with E-state index in [2.05, 4.69) is 10.6 Å². The molecule has 0 unspecified atom stereocenters. The van der Waals surface area contributed by atoms with E-state index in [4.69, 9.17) is 14.2 Å². The Hall–Kier alpha value is -2.98. The quantitative estimate of drug-likeness (QED) is 0.400. The van der Waals surface area contributed by atoms with E-state index in [0.29, 0.717) is 45.3 Å². The Morgan fingerprint density at radius 1 is 0.732 bits per heavy atom. The number of nitrogens with one attached hydrogen (secondary N) is 2. The monoisotopic (exact) mass is 572 g/mol. The minimum Gasteiger partial charge on any atom is -0.480 e. The number of benzene rings is 1. The molecule has 1 aromatic rings. The first-order valence-electron chi connectivity index (χ1n) is 15.2. The Morgan fingerprint density at radius 2 is 1.22 bits per heavy atom. The summed E-state index contributed by atoms with van der Waals surface area (Å²) in [6.07, 6.45) is 10.3. The number of hydrogen-bond acceptors (Lipinski definition) is 7. The van der Waals surface area contributed by atoms with Gasteiger partial charge < -0.3 is 30.0 Å². The molecule has 0 radical (unpaired) electrons. The number of carboxylic acids is 1. The van der Waals surface area contributed by atoms with Crippen molar-refractivity contribution < 1.29 is 38.5 Å². The second-order valence-electron chi connectivity index (χ2n) is 11.6. The van der Waals surface area contributed by atoms with E-state index in [1.807, 2.05) is 30.3 Å². The lowest BCUT2D eigenvalue weighted by molar-refractivity contribution is -0.158. The standard InChI is InChI=1S/C19H25NO4.C12H19NO4/c21-17(16-10-7-13-23-16)20-19(11-5-2-6-12-19)18(22)24-14-15-8-3-1-4-9-15;14-10(9-5-4-8-17-9)13-12(11(15)16)6-2-1-3-7-12/h1,3-4,8-9,16H,2,5-7,10-14H2,(H,20,21);9H,1-8H2,(H,13,14)(H,15,16)/t16-;9-/m00/s1. The molecule has 2 aliphatic carbocycles. The Bertz CT molecular complexity index is 1020. The SMILES string of the molecule is O=C(NC1(C(=O)O)CCCCC1)[C@@H]1CCCO1.O=C(NC1(C(=O)OCc2ccccc2)CCCCC1)[C@@H]1CCCO1. The van der Waals surface area contributed by atoms with E-state index in [1.54, 1.807) is 0 Å². The van der Waals surface area contributed by atoms with E-state index < -0.39 is 29.3 Å². The van der Waals surface area contributed by atoms with Crippen molar-refractivity contribution in [2.45, 2.75) is 120 Å². The summed E-state index contributed by atoms with van der Waals surface area (Å²) in [4.78, 5) is 48.5. The summed E-state index contributed by atoms with van der Waals surface area (Å²) in [7, 11) is 0. The topological polar surface area (TPSA) is 140 Å². The minimum atomic E-state index is -1.05. The van der Waals surface area contributed by atoms with Crippen molar-refractivity contribution in [1.29, 1.82) is 0 Å². The first-order valence-corrected chi connectivity index (χ1v) is 15.2. The number of aliphatic carboxylic acids is 1. The first-order chi connectivity index (χ1) is 19.8. The lowest BCUT2D eigenvalue weighted by atomic mass is 9.81. The molecule has 41 heavy (non-hydrogen) atoms. The molecule has 226 valence electrons. The zero-order valence-electron chi connectivity index (χ0n) is 23.9. The summed E-state index contributed by atoms with van der Waals surface area (Å²) in [5, 5.41) is 15.0. The number of carbonyl (C=O) groups is 4. The first kappa shape index (κ1) is 31.0. The Labute approximate surface area is 241 Å². The highest BCUT2D eigenvalue weighted by Crippen LogP contribution is 2.31. The average molecular weight is 573 g/mol. The number of esters is 1. The highest BCUT2D eigenvalue weighted by atomic mass is 16.5. The summed E-state index contributed by atoms with van der Waals surface area (Å²) in [5.41, 5.74) is -1.00. The fraction of sp³-hybridized carbons (Fsp3) is 0.677. The van der Waals surface area contributed by atoms with Crippen LogP contribution in [0.15, 0.2) is 30.3 Å². The molecule has 3 N–H and O–H groups in total. The van der Waals surface area contributed by atoms with Crippen LogP contribution in [-0.4, -0.2) is 65.4 Å². The maximum Gasteiger partial charge on any atom is 0.332 e. The number of rotatable bonds is 8. The molecule has 0 bridgehead atoms. The molecule has 2 heterocycles. The molecule has 5 rings (SSSR count). The van der Waals surface area contributed by atoms with Crippen molar-refractivity contribution in [1.82, 2.24) is 10.6 Å². The Balaban J connectivity index is 0.000000201. The van der Waals surface area contributed by atoms with Gasteiger partial charge in [0.1, 0.15) is 29.9 Å². The Morgan fingerprint density at radius 3 is 1.68 bits per heavy atom. The predicted molar refractivity (Wildman–Crippen MR) is 150 cm³/mol. The number of ether oxygens (including phenoxy) is 3. The van der Waals surface area contributed by atoms with Gasteiger partial charge in [0.15, 0.2) is 0 Å². The van der Waals surface area contributed by atoms with Gasteiger partial charge in [-0.1, -0.05) is 68.9 Å². The van der Waals surface area contributed by atoms with Crippen molar-refractivity contribution in [2.24, 2.45) is 0 Å². The highest BCUT2D eigenvalue weighted by Gasteiger charge is 2.44. The lowest BCUT2D eigenvalue weighted by Gasteiger charge is -2.36. The van der Waals surface area contributed by atoms with Crippen LogP contribution in [0, 0.1) is 0 Å². The van der Waals surface area contributed by atoms with Crippen LogP contribution in [0.3, 0.4) is 0 Å². The molecule has 2 saturated heterocycles. The molecule has 0 spiro atoms. The van der Waals surface area contributed by atoms with Crippen molar-refractivity contribution in [3.63, 3.8) is 0 Å².